The Labute approximate surface area is 162 Å². The number of piperidine rings is 1. The Hall–Kier alpha value is -1.85. The second kappa shape index (κ2) is 8.89. The van der Waals surface area contributed by atoms with E-state index in [-0.39, 0.29) is 17.7 Å². The first kappa shape index (κ1) is 19.9. The Bertz CT molecular complexity index is 646. The molecular formula is C21H34N4O2. The van der Waals surface area contributed by atoms with Gasteiger partial charge in [-0.15, -0.1) is 0 Å². The number of hydrogen-bond acceptors (Lipinski definition) is 3. The molecule has 0 saturated carbocycles. The monoisotopic (exact) mass is 374 g/mol. The Kier molecular flexibility index (Phi) is 6.55. The largest absolute Gasteiger partial charge is 0.342 e. The Morgan fingerprint density at radius 1 is 1.30 bits per heavy atom. The molecule has 2 saturated heterocycles. The van der Waals surface area contributed by atoms with Crippen molar-refractivity contribution in [2.75, 3.05) is 26.2 Å². The predicted molar refractivity (Wildman–Crippen MR) is 105 cm³/mol. The minimum atomic E-state index is -0.153. The van der Waals surface area contributed by atoms with Crippen LogP contribution in [0.15, 0.2) is 12.4 Å². The third kappa shape index (κ3) is 4.71. The van der Waals surface area contributed by atoms with Gasteiger partial charge in [-0.3, -0.25) is 9.59 Å². The topological polar surface area (TPSA) is 58.4 Å². The molecule has 2 aliphatic heterocycles. The maximum atomic E-state index is 12.9. The molecule has 2 amide bonds. The van der Waals surface area contributed by atoms with Gasteiger partial charge in [-0.25, -0.2) is 4.98 Å². The normalized spacial score (nSPS) is 21.5. The first-order valence-electron chi connectivity index (χ1n) is 10.6. The van der Waals surface area contributed by atoms with E-state index < -0.39 is 0 Å². The van der Waals surface area contributed by atoms with Crippen molar-refractivity contribution in [3.63, 3.8) is 0 Å². The number of unbranched alkanes of at least 4 members (excludes halogenated alkanes) is 1. The van der Waals surface area contributed by atoms with Crippen LogP contribution in [0.4, 0.5) is 0 Å². The summed E-state index contributed by atoms with van der Waals surface area (Å²) in [5.74, 6) is 2.20. The maximum absolute atomic E-state index is 12.9. The first-order valence-corrected chi connectivity index (χ1v) is 10.6. The van der Waals surface area contributed by atoms with Crippen molar-refractivity contribution in [1.29, 1.82) is 0 Å². The summed E-state index contributed by atoms with van der Waals surface area (Å²) in [4.78, 5) is 33.5. The van der Waals surface area contributed by atoms with Gasteiger partial charge < -0.3 is 14.4 Å². The molecule has 0 radical (unpaired) electrons. The van der Waals surface area contributed by atoms with Crippen LogP contribution >= 0.6 is 0 Å². The lowest BCUT2D eigenvalue weighted by Gasteiger charge is -2.33. The van der Waals surface area contributed by atoms with Crippen molar-refractivity contribution in [3.8, 4) is 0 Å². The van der Waals surface area contributed by atoms with Gasteiger partial charge in [0, 0.05) is 57.5 Å². The molecule has 0 bridgehead atoms. The van der Waals surface area contributed by atoms with Crippen LogP contribution in [0.1, 0.15) is 64.6 Å². The molecule has 6 nitrogen and oxygen atoms in total. The molecule has 0 aromatic carbocycles. The van der Waals surface area contributed by atoms with E-state index in [9.17, 15) is 9.59 Å². The van der Waals surface area contributed by atoms with Crippen LogP contribution < -0.4 is 0 Å². The van der Waals surface area contributed by atoms with Crippen LogP contribution in [0.25, 0.3) is 0 Å². The molecule has 150 valence electrons. The molecular weight excluding hydrogens is 340 g/mol. The third-order valence-electron chi connectivity index (χ3n) is 5.82. The smallest absolute Gasteiger partial charge is 0.227 e. The minimum Gasteiger partial charge on any atom is -0.342 e. The van der Waals surface area contributed by atoms with Crippen molar-refractivity contribution >= 4 is 11.8 Å². The second-order valence-corrected chi connectivity index (χ2v) is 8.53. The molecule has 0 unspecified atom stereocenters. The van der Waals surface area contributed by atoms with Crippen LogP contribution in [0.2, 0.25) is 0 Å². The SMILES string of the molecule is CCCCn1ccnc1C1CCN(C(=O)[C@H]2CC(=O)N(CC(C)C)C2)CC1. The van der Waals surface area contributed by atoms with Gasteiger partial charge in [-0.1, -0.05) is 27.2 Å². The van der Waals surface area contributed by atoms with E-state index in [4.69, 9.17) is 0 Å². The molecule has 1 atom stereocenters. The number of hydrogen-bond donors (Lipinski definition) is 0. The summed E-state index contributed by atoms with van der Waals surface area (Å²) in [6.45, 7) is 10.4. The quantitative estimate of drug-likeness (QED) is 0.737. The van der Waals surface area contributed by atoms with Crippen LogP contribution in [-0.4, -0.2) is 57.3 Å². The highest BCUT2D eigenvalue weighted by atomic mass is 16.2. The van der Waals surface area contributed by atoms with Crippen molar-refractivity contribution in [2.24, 2.45) is 11.8 Å². The first-order chi connectivity index (χ1) is 13.0. The van der Waals surface area contributed by atoms with Gasteiger partial charge in [0.2, 0.25) is 11.8 Å². The van der Waals surface area contributed by atoms with E-state index in [1.807, 2.05) is 16.0 Å². The molecule has 6 heteroatoms. The van der Waals surface area contributed by atoms with Gasteiger partial charge >= 0.3 is 0 Å². The summed E-state index contributed by atoms with van der Waals surface area (Å²) >= 11 is 0. The van der Waals surface area contributed by atoms with Crippen molar-refractivity contribution in [2.45, 2.75) is 65.3 Å². The standard InChI is InChI=1S/C21H34N4O2/c1-4-5-9-23-12-8-22-20(23)17-6-10-24(11-7-17)21(27)18-13-19(26)25(15-18)14-16(2)3/h8,12,16-18H,4-7,9-11,13-15H2,1-3H3/t18-/m0/s1. The molecule has 0 aliphatic carbocycles. The number of carbonyl (C=O) groups is 2. The number of rotatable bonds is 7. The van der Waals surface area contributed by atoms with E-state index in [0.29, 0.717) is 24.8 Å². The van der Waals surface area contributed by atoms with Gasteiger partial charge in [-0.05, 0) is 25.2 Å². The van der Waals surface area contributed by atoms with Gasteiger partial charge in [0.05, 0.1) is 5.92 Å². The molecule has 2 fully saturated rings. The van der Waals surface area contributed by atoms with Crippen molar-refractivity contribution in [3.05, 3.63) is 18.2 Å². The van der Waals surface area contributed by atoms with Gasteiger partial charge in [-0.2, -0.15) is 0 Å². The average Bonchev–Trinajstić information content (AvgIpc) is 3.26. The maximum Gasteiger partial charge on any atom is 0.227 e. The summed E-state index contributed by atoms with van der Waals surface area (Å²) < 4.78 is 2.28. The van der Waals surface area contributed by atoms with Gasteiger partial charge in [0.25, 0.3) is 0 Å². The number of imidazole rings is 1. The number of carbonyl (C=O) groups excluding carboxylic acids is 2. The van der Waals surface area contributed by atoms with Crippen LogP contribution in [-0.2, 0) is 16.1 Å². The molecule has 1 aromatic rings. The Morgan fingerprint density at radius 3 is 2.70 bits per heavy atom. The highest BCUT2D eigenvalue weighted by Gasteiger charge is 2.37. The van der Waals surface area contributed by atoms with Crippen LogP contribution in [0.5, 0.6) is 0 Å². The Balaban J connectivity index is 1.53. The minimum absolute atomic E-state index is 0.134. The highest BCUT2D eigenvalue weighted by molar-refractivity contribution is 5.89. The number of aryl methyl sites for hydroxylation is 1. The molecule has 0 N–H and O–H groups in total. The highest BCUT2D eigenvalue weighted by Crippen LogP contribution is 2.29. The number of amides is 2. The third-order valence-corrected chi connectivity index (χ3v) is 5.82. The predicted octanol–water partition coefficient (Wildman–Crippen LogP) is 2.89. The zero-order chi connectivity index (χ0) is 19.4. The van der Waals surface area contributed by atoms with Gasteiger partial charge in [0.15, 0.2) is 0 Å². The summed E-state index contributed by atoms with van der Waals surface area (Å²) in [5, 5.41) is 0. The van der Waals surface area contributed by atoms with Crippen LogP contribution in [0.3, 0.4) is 0 Å². The molecule has 3 heterocycles. The summed E-state index contributed by atoms with van der Waals surface area (Å²) in [6, 6.07) is 0. The summed E-state index contributed by atoms with van der Waals surface area (Å²) in [5.41, 5.74) is 0. The molecule has 0 spiro atoms. The molecule has 2 aliphatic rings. The van der Waals surface area contributed by atoms with E-state index in [1.54, 1.807) is 0 Å². The second-order valence-electron chi connectivity index (χ2n) is 8.53. The lowest BCUT2D eigenvalue weighted by atomic mass is 9.94. The summed E-state index contributed by atoms with van der Waals surface area (Å²) in [6.07, 6.45) is 8.64. The van der Waals surface area contributed by atoms with E-state index in [0.717, 1.165) is 39.0 Å². The lowest BCUT2D eigenvalue weighted by molar-refractivity contribution is -0.136. The molecule has 1 aromatic heterocycles. The summed E-state index contributed by atoms with van der Waals surface area (Å²) in [7, 11) is 0. The fourth-order valence-corrected chi connectivity index (χ4v) is 4.37. The van der Waals surface area contributed by atoms with Crippen LogP contribution in [0, 0.1) is 11.8 Å². The number of likely N-dealkylation sites (tertiary alicyclic amines) is 2. The Morgan fingerprint density at radius 2 is 2.04 bits per heavy atom. The number of aromatic nitrogens is 2. The zero-order valence-electron chi connectivity index (χ0n) is 17.1. The van der Waals surface area contributed by atoms with E-state index in [2.05, 4.69) is 36.5 Å². The molecule has 3 rings (SSSR count). The van der Waals surface area contributed by atoms with Gasteiger partial charge in [0.1, 0.15) is 5.82 Å². The van der Waals surface area contributed by atoms with E-state index in [1.165, 1.54) is 18.7 Å². The fraction of sp³-hybridized carbons (Fsp3) is 0.762. The number of nitrogens with zero attached hydrogens (tertiary/aromatic N) is 4. The van der Waals surface area contributed by atoms with Crippen molar-refractivity contribution < 1.29 is 9.59 Å². The average molecular weight is 375 g/mol. The lowest BCUT2D eigenvalue weighted by Crippen LogP contribution is -2.42. The molecule has 27 heavy (non-hydrogen) atoms. The zero-order valence-corrected chi connectivity index (χ0v) is 17.1. The fourth-order valence-electron chi connectivity index (χ4n) is 4.37. The van der Waals surface area contributed by atoms with Crippen molar-refractivity contribution in [1.82, 2.24) is 19.4 Å². The van der Waals surface area contributed by atoms with E-state index >= 15 is 0 Å².